The van der Waals surface area contributed by atoms with E-state index in [1.807, 2.05) is 12.1 Å². The van der Waals surface area contributed by atoms with Gasteiger partial charge in [-0.15, -0.1) is 0 Å². The van der Waals surface area contributed by atoms with Crippen molar-refractivity contribution in [2.45, 2.75) is 25.8 Å². The largest absolute Gasteiger partial charge is 0.508 e. The van der Waals surface area contributed by atoms with Crippen molar-refractivity contribution < 1.29 is 9.53 Å². The molecule has 0 bridgehead atoms. The molecule has 0 unspecified atom stereocenters. The fourth-order valence-electron chi connectivity index (χ4n) is 3.78. The van der Waals surface area contributed by atoms with E-state index in [2.05, 4.69) is 86.8 Å². The smallest absolute Gasteiger partial charge is 0.261 e. The maximum absolute atomic E-state index is 9.64. The number of phenols is 1. The maximum Gasteiger partial charge on any atom is 0.261 e. The van der Waals surface area contributed by atoms with Crippen LogP contribution in [0.1, 0.15) is 20.8 Å². The monoisotopic (exact) mass is 391 g/mol. The van der Waals surface area contributed by atoms with Gasteiger partial charge in [0.15, 0.2) is 0 Å². The lowest BCUT2D eigenvalue weighted by Gasteiger charge is -2.43. The van der Waals surface area contributed by atoms with Crippen LogP contribution in [0.25, 0.3) is 0 Å². The van der Waals surface area contributed by atoms with Crippen LogP contribution in [-0.4, -0.2) is 26.6 Å². The number of phenolic OH excluding ortho intramolecular Hbond substituents is 1. The van der Waals surface area contributed by atoms with E-state index in [4.69, 9.17) is 4.43 Å². The van der Waals surface area contributed by atoms with Gasteiger partial charge in [0.25, 0.3) is 8.32 Å². The molecule has 0 radical (unpaired) electrons. The number of rotatable bonds is 7. The molecule has 0 fully saturated rings. The minimum atomic E-state index is -2.49. The highest BCUT2D eigenvalue weighted by Crippen LogP contribution is 2.36. The third-order valence-electron chi connectivity index (χ3n) is 5.01. The Morgan fingerprint density at radius 1 is 0.821 bits per heavy atom. The summed E-state index contributed by atoms with van der Waals surface area (Å²) in [6.07, 6.45) is 0. The van der Waals surface area contributed by atoms with E-state index in [1.165, 1.54) is 10.4 Å². The fraction of sp³-hybridized carbons (Fsp3) is 0.250. The molecule has 3 rings (SSSR count). The summed E-state index contributed by atoms with van der Waals surface area (Å²) in [4.78, 5) is 0. The second-order valence-corrected chi connectivity index (χ2v) is 12.3. The van der Waals surface area contributed by atoms with E-state index >= 15 is 0 Å². The van der Waals surface area contributed by atoms with Gasteiger partial charge in [0.05, 0.1) is 6.61 Å². The lowest BCUT2D eigenvalue weighted by atomic mass is 10.2. The summed E-state index contributed by atoms with van der Waals surface area (Å²) in [7, 11) is -2.49. The summed E-state index contributed by atoms with van der Waals surface area (Å²) in [6.45, 7) is 8.10. The molecule has 0 aromatic heterocycles. The average molecular weight is 392 g/mol. The Labute approximate surface area is 169 Å². The van der Waals surface area contributed by atoms with Crippen LogP contribution in [0.3, 0.4) is 0 Å². The number of benzene rings is 3. The first-order valence-electron chi connectivity index (χ1n) is 9.71. The van der Waals surface area contributed by atoms with Gasteiger partial charge in [-0.25, -0.2) is 0 Å². The summed E-state index contributed by atoms with van der Waals surface area (Å²) in [5.74, 6) is 0.262. The molecule has 28 heavy (non-hydrogen) atoms. The first-order valence-corrected chi connectivity index (χ1v) is 11.6. The van der Waals surface area contributed by atoms with Gasteiger partial charge >= 0.3 is 0 Å². The molecule has 0 atom stereocenters. The zero-order valence-electron chi connectivity index (χ0n) is 16.9. The van der Waals surface area contributed by atoms with Crippen LogP contribution in [0.15, 0.2) is 84.9 Å². The highest BCUT2D eigenvalue weighted by molar-refractivity contribution is 6.99. The molecule has 0 aliphatic rings. The SMILES string of the molecule is CC(C)(C)[Si](OCCNc1cccc(O)c1)(c1ccccc1)c1ccccc1. The third-order valence-corrected chi connectivity index (χ3v) is 10.1. The molecular weight excluding hydrogens is 362 g/mol. The molecule has 0 heterocycles. The number of hydrogen-bond acceptors (Lipinski definition) is 3. The second-order valence-electron chi connectivity index (χ2n) is 7.99. The normalized spacial score (nSPS) is 12.0. The van der Waals surface area contributed by atoms with Gasteiger partial charge < -0.3 is 14.8 Å². The Bertz CT molecular complexity index is 836. The van der Waals surface area contributed by atoms with Crippen molar-refractivity contribution in [2.24, 2.45) is 0 Å². The average Bonchev–Trinajstić information content (AvgIpc) is 2.69. The Hall–Kier alpha value is -2.56. The highest BCUT2D eigenvalue weighted by atomic mass is 28.4. The quantitative estimate of drug-likeness (QED) is 0.464. The Kier molecular flexibility index (Phi) is 6.22. The molecule has 3 nitrogen and oxygen atoms in total. The summed E-state index contributed by atoms with van der Waals surface area (Å²) < 4.78 is 6.83. The van der Waals surface area contributed by atoms with Gasteiger partial charge in [0, 0.05) is 18.3 Å². The Morgan fingerprint density at radius 2 is 1.39 bits per heavy atom. The van der Waals surface area contributed by atoms with E-state index in [0.29, 0.717) is 13.2 Å². The summed E-state index contributed by atoms with van der Waals surface area (Å²) in [6, 6.07) is 28.5. The van der Waals surface area contributed by atoms with Crippen LogP contribution in [-0.2, 0) is 4.43 Å². The van der Waals surface area contributed by atoms with E-state index in [9.17, 15) is 5.11 Å². The molecule has 0 aliphatic carbocycles. The van der Waals surface area contributed by atoms with Crippen molar-refractivity contribution >= 4 is 24.4 Å². The maximum atomic E-state index is 9.64. The number of aromatic hydroxyl groups is 1. The van der Waals surface area contributed by atoms with Crippen LogP contribution in [0.5, 0.6) is 5.75 Å². The molecule has 0 saturated carbocycles. The Balaban J connectivity index is 1.88. The molecular formula is C24H29NO2Si. The van der Waals surface area contributed by atoms with Crippen LogP contribution in [0.4, 0.5) is 5.69 Å². The summed E-state index contributed by atoms with van der Waals surface area (Å²) >= 11 is 0. The minimum Gasteiger partial charge on any atom is -0.508 e. The summed E-state index contributed by atoms with van der Waals surface area (Å²) in [5, 5.41) is 15.5. The van der Waals surface area contributed by atoms with Gasteiger partial charge in [0.1, 0.15) is 5.75 Å². The van der Waals surface area contributed by atoms with Gasteiger partial charge in [-0.05, 0) is 27.5 Å². The zero-order valence-corrected chi connectivity index (χ0v) is 17.9. The van der Waals surface area contributed by atoms with Crippen molar-refractivity contribution in [3.05, 3.63) is 84.9 Å². The number of hydrogen-bond donors (Lipinski definition) is 2. The molecule has 3 aromatic rings. The van der Waals surface area contributed by atoms with E-state index < -0.39 is 8.32 Å². The lowest BCUT2D eigenvalue weighted by Crippen LogP contribution is -2.66. The van der Waals surface area contributed by atoms with E-state index in [0.717, 1.165) is 5.69 Å². The predicted molar refractivity (Wildman–Crippen MR) is 120 cm³/mol. The summed E-state index contributed by atoms with van der Waals surface area (Å²) in [5.41, 5.74) is 0.894. The van der Waals surface area contributed by atoms with Gasteiger partial charge in [-0.1, -0.05) is 87.5 Å². The first-order chi connectivity index (χ1) is 13.4. The predicted octanol–water partition coefficient (Wildman–Crippen LogP) is 4.38. The topological polar surface area (TPSA) is 41.5 Å². The van der Waals surface area contributed by atoms with Crippen molar-refractivity contribution in [3.63, 3.8) is 0 Å². The fourth-order valence-corrected chi connectivity index (χ4v) is 8.34. The number of nitrogens with one attached hydrogen (secondary N) is 1. The molecule has 146 valence electrons. The minimum absolute atomic E-state index is 0.0271. The molecule has 0 saturated heterocycles. The van der Waals surface area contributed by atoms with Gasteiger partial charge in [-0.3, -0.25) is 0 Å². The van der Waals surface area contributed by atoms with Crippen molar-refractivity contribution in [1.82, 2.24) is 0 Å². The van der Waals surface area contributed by atoms with Gasteiger partial charge in [0.2, 0.25) is 0 Å². The van der Waals surface area contributed by atoms with Crippen molar-refractivity contribution in [2.75, 3.05) is 18.5 Å². The van der Waals surface area contributed by atoms with Crippen molar-refractivity contribution in [1.29, 1.82) is 0 Å². The van der Waals surface area contributed by atoms with E-state index in [-0.39, 0.29) is 10.8 Å². The second kappa shape index (κ2) is 8.63. The molecule has 0 aliphatic heterocycles. The Morgan fingerprint density at radius 3 is 1.89 bits per heavy atom. The zero-order chi connectivity index (χ0) is 20.0. The first kappa shape index (κ1) is 20.2. The van der Waals surface area contributed by atoms with Crippen LogP contribution < -0.4 is 15.7 Å². The van der Waals surface area contributed by atoms with Crippen molar-refractivity contribution in [3.8, 4) is 5.75 Å². The number of anilines is 1. The molecule has 2 N–H and O–H groups in total. The van der Waals surface area contributed by atoms with Gasteiger partial charge in [-0.2, -0.15) is 0 Å². The third kappa shape index (κ3) is 4.29. The van der Waals surface area contributed by atoms with Crippen LogP contribution in [0, 0.1) is 0 Å². The van der Waals surface area contributed by atoms with E-state index in [1.54, 1.807) is 12.1 Å². The molecule has 0 spiro atoms. The van der Waals surface area contributed by atoms with Crippen LogP contribution in [0.2, 0.25) is 5.04 Å². The lowest BCUT2D eigenvalue weighted by molar-refractivity contribution is 0.312. The molecule has 0 amide bonds. The molecule has 3 aromatic carbocycles. The highest BCUT2D eigenvalue weighted by Gasteiger charge is 2.49. The standard InChI is InChI=1S/C24H29NO2Si/c1-24(2,3)28(22-13-6-4-7-14-22,23-15-8-5-9-16-23)27-18-17-25-20-11-10-12-21(26)19-20/h4-16,19,25-26H,17-18H2,1-3H3. The molecule has 4 heteroatoms. The van der Waals surface area contributed by atoms with Crippen LogP contribution >= 0.6 is 0 Å².